The van der Waals surface area contributed by atoms with Crippen LogP contribution < -0.4 is 0 Å². The van der Waals surface area contributed by atoms with Crippen LogP contribution in [-0.2, 0) is 22.8 Å². The fourth-order valence-corrected chi connectivity index (χ4v) is 3.76. The second-order valence-electron chi connectivity index (χ2n) is 6.47. The molecule has 0 aliphatic carbocycles. The Kier molecular flexibility index (Phi) is 9.23. The van der Waals surface area contributed by atoms with Crippen molar-refractivity contribution in [3.63, 3.8) is 0 Å². The van der Waals surface area contributed by atoms with Crippen molar-refractivity contribution in [3.8, 4) is 0 Å². The second-order valence-corrected chi connectivity index (χ2v) is 9.56. The summed E-state index contributed by atoms with van der Waals surface area (Å²) in [5.74, 6) is 0. The van der Waals surface area contributed by atoms with E-state index in [2.05, 4.69) is 27.7 Å². The maximum absolute atomic E-state index is 6.00. The zero-order chi connectivity index (χ0) is 16.6. The largest absolute Gasteiger partial charge is 0.500 e. The normalized spacial score (nSPS) is 13.7. The Morgan fingerprint density at radius 3 is 1.71 bits per heavy atom. The van der Waals surface area contributed by atoms with E-state index in [1.807, 2.05) is 0 Å². The third kappa shape index (κ3) is 8.28. The molecular weight excluding hydrogens is 288 g/mol. The van der Waals surface area contributed by atoms with Crippen LogP contribution in [0.15, 0.2) is 0 Å². The molecule has 0 aliphatic rings. The van der Waals surface area contributed by atoms with Gasteiger partial charge in [0, 0.05) is 34.5 Å². The minimum atomic E-state index is -2.46. The van der Waals surface area contributed by atoms with Gasteiger partial charge in [0.05, 0.1) is 17.8 Å². The van der Waals surface area contributed by atoms with Gasteiger partial charge in [-0.3, -0.25) is 0 Å². The first-order valence-electron chi connectivity index (χ1n) is 7.50. The van der Waals surface area contributed by atoms with Crippen LogP contribution in [0.3, 0.4) is 0 Å². The lowest BCUT2D eigenvalue weighted by Crippen LogP contribution is -2.43. The Bertz CT molecular complexity index is 269. The van der Waals surface area contributed by atoms with Crippen molar-refractivity contribution in [2.45, 2.75) is 64.2 Å². The summed E-state index contributed by atoms with van der Waals surface area (Å²) in [5, 5.41) is 0. The molecule has 0 amide bonds. The second kappa shape index (κ2) is 9.22. The maximum atomic E-state index is 6.00. The average molecular weight is 323 g/mol. The van der Waals surface area contributed by atoms with Gasteiger partial charge in [0.2, 0.25) is 0 Å². The lowest BCUT2D eigenvalue weighted by atomic mass is 10.0. The predicted octanol–water partition coefficient (Wildman–Crippen LogP) is 3.26. The van der Waals surface area contributed by atoms with Crippen LogP contribution in [-0.4, -0.2) is 55.1 Å². The molecule has 0 rings (SSSR count). The monoisotopic (exact) mass is 322 g/mol. The lowest BCUT2D eigenvalue weighted by molar-refractivity contribution is -0.0616. The maximum Gasteiger partial charge on any atom is 0.500 e. The number of rotatable bonds is 12. The molecule has 0 saturated heterocycles. The first kappa shape index (κ1) is 21.0. The van der Waals surface area contributed by atoms with Crippen molar-refractivity contribution in [1.82, 2.24) is 0 Å². The highest BCUT2D eigenvalue weighted by molar-refractivity contribution is 6.60. The molecule has 6 heteroatoms. The minimum absolute atomic E-state index is 0.139. The van der Waals surface area contributed by atoms with Crippen molar-refractivity contribution in [2.75, 3.05) is 35.0 Å². The van der Waals surface area contributed by atoms with E-state index in [0.29, 0.717) is 6.61 Å². The summed E-state index contributed by atoms with van der Waals surface area (Å²) in [6.07, 6.45) is 2.76. The lowest BCUT2D eigenvalue weighted by Gasteiger charge is -2.30. The molecule has 0 unspecified atom stereocenters. The van der Waals surface area contributed by atoms with Crippen LogP contribution in [0.25, 0.3) is 0 Å². The van der Waals surface area contributed by atoms with Gasteiger partial charge in [-0.1, -0.05) is 0 Å². The van der Waals surface area contributed by atoms with Gasteiger partial charge < -0.3 is 22.8 Å². The molecule has 0 aliphatic heterocycles. The summed E-state index contributed by atoms with van der Waals surface area (Å²) in [5.41, 5.74) is -0.306. The molecule has 0 radical (unpaired) electrons. The van der Waals surface area contributed by atoms with Gasteiger partial charge in [0.1, 0.15) is 0 Å². The predicted molar refractivity (Wildman–Crippen MR) is 86.6 cm³/mol. The van der Waals surface area contributed by atoms with Gasteiger partial charge in [-0.15, -0.1) is 0 Å². The summed E-state index contributed by atoms with van der Waals surface area (Å²) in [7, 11) is 4.21. The van der Waals surface area contributed by atoms with Crippen molar-refractivity contribution in [3.05, 3.63) is 0 Å². The van der Waals surface area contributed by atoms with Crippen LogP contribution >= 0.6 is 0 Å². The number of hydrogen-bond acceptors (Lipinski definition) is 5. The summed E-state index contributed by atoms with van der Waals surface area (Å²) in [4.78, 5) is 0. The molecule has 0 atom stereocenters. The van der Waals surface area contributed by atoms with Crippen molar-refractivity contribution in [1.29, 1.82) is 0 Å². The number of methoxy groups -OCH3 is 1. The molecule has 0 aromatic rings. The van der Waals surface area contributed by atoms with E-state index in [9.17, 15) is 0 Å². The molecular formula is C15H34O5Si. The number of ether oxygens (including phenoxy) is 2. The van der Waals surface area contributed by atoms with Crippen molar-refractivity contribution >= 4 is 8.80 Å². The highest BCUT2D eigenvalue weighted by Gasteiger charge is 2.37. The Morgan fingerprint density at radius 1 is 0.762 bits per heavy atom. The molecule has 0 fully saturated rings. The van der Waals surface area contributed by atoms with Crippen LogP contribution in [0.4, 0.5) is 0 Å². The molecule has 0 bridgehead atoms. The van der Waals surface area contributed by atoms with Gasteiger partial charge >= 0.3 is 8.80 Å². The van der Waals surface area contributed by atoms with E-state index in [1.165, 1.54) is 0 Å². The molecule has 0 aromatic carbocycles. The third-order valence-electron chi connectivity index (χ3n) is 3.94. The van der Waals surface area contributed by atoms with Crippen LogP contribution in [0.2, 0.25) is 6.04 Å². The summed E-state index contributed by atoms with van der Waals surface area (Å²) >= 11 is 0. The first-order valence-corrected chi connectivity index (χ1v) is 9.43. The van der Waals surface area contributed by atoms with E-state index in [1.54, 1.807) is 28.4 Å². The molecule has 0 spiro atoms. The topological polar surface area (TPSA) is 46.2 Å². The highest BCUT2D eigenvalue weighted by atomic mass is 28.4. The summed E-state index contributed by atoms with van der Waals surface area (Å²) in [6, 6.07) is 0.798. The Morgan fingerprint density at radius 2 is 1.29 bits per heavy atom. The quantitative estimate of drug-likeness (QED) is 0.516. The standard InChI is InChI=1S/C15H34O5Si/c1-14(2,16-5)11-12-20-15(3,4)10-9-13-21(17-6,18-7)19-8/h9-13H2,1-8H3. The minimum Gasteiger partial charge on any atom is -0.379 e. The Balaban J connectivity index is 4.13. The summed E-state index contributed by atoms with van der Waals surface area (Å²) < 4.78 is 27.7. The summed E-state index contributed by atoms with van der Waals surface area (Å²) in [6.45, 7) is 9.05. The van der Waals surface area contributed by atoms with Crippen LogP contribution in [0.1, 0.15) is 47.0 Å². The molecule has 0 saturated carbocycles. The Labute approximate surface area is 131 Å². The molecule has 0 aromatic heterocycles. The van der Waals surface area contributed by atoms with Gasteiger partial charge in [0.25, 0.3) is 0 Å². The third-order valence-corrected chi connectivity index (χ3v) is 6.78. The van der Waals surface area contributed by atoms with Crippen LogP contribution in [0, 0.1) is 0 Å². The molecule has 0 heterocycles. The smallest absolute Gasteiger partial charge is 0.379 e. The molecule has 128 valence electrons. The number of hydrogen-bond donors (Lipinski definition) is 0. The van der Waals surface area contributed by atoms with Gasteiger partial charge in [-0.2, -0.15) is 0 Å². The van der Waals surface area contributed by atoms with E-state index in [0.717, 1.165) is 25.3 Å². The van der Waals surface area contributed by atoms with Gasteiger partial charge in [-0.25, -0.2) is 0 Å². The fraction of sp³-hybridized carbons (Fsp3) is 1.00. The first-order chi connectivity index (χ1) is 9.66. The van der Waals surface area contributed by atoms with E-state index >= 15 is 0 Å². The van der Waals surface area contributed by atoms with E-state index < -0.39 is 8.80 Å². The highest BCUT2D eigenvalue weighted by Crippen LogP contribution is 2.24. The Hall–Kier alpha value is 0.0169. The van der Waals surface area contributed by atoms with Gasteiger partial charge in [-0.05, 0) is 47.0 Å². The fourth-order valence-electron chi connectivity index (χ4n) is 2.03. The van der Waals surface area contributed by atoms with Crippen molar-refractivity contribution < 1.29 is 22.8 Å². The van der Waals surface area contributed by atoms with E-state index in [-0.39, 0.29) is 11.2 Å². The van der Waals surface area contributed by atoms with Crippen molar-refractivity contribution in [2.24, 2.45) is 0 Å². The van der Waals surface area contributed by atoms with E-state index in [4.69, 9.17) is 22.8 Å². The zero-order valence-corrected chi connectivity index (χ0v) is 16.1. The molecule has 5 nitrogen and oxygen atoms in total. The average Bonchev–Trinajstić information content (AvgIpc) is 2.43. The van der Waals surface area contributed by atoms with Crippen LogP contribution in [0.5, 0.6) is 0 Å². The molecule has 21 heavy (non-hydrogen) atoms. The van der Waals surface area contributed by atoms with Gasteiger partial charge in [0.15, 0.2) is 0 Å². The SMILES string of the molecule is COC(C)(C)CCOC(C)(C)CCC[Si](OC)(OC)OC. The molecule has 0 N–H and O–H groups in total. The zero-order valence-electron chi connectivity index (χ0n) is 15.1.